The van der Waals surface area contributed by atoms with E-state index in [0.717, 1.165) is 30.8 Å². The molecule has 0 bridgehead atoms. The van der Waals surface area contributed by atoms with Crippen LogP contribution in [0.5, 0.6) is 0 Å². The van der Waals surface area contributed by atoms with Gasteiger partial charge in [0.15, 0.2) is 0 Å². The fourth-order valence-corrected chi connectivity index (χ4v) is 2.05. The second-order valence-corrected chi connectivity index (χ2v) is 4.92. The Hall–Kier alpha value is -0.380. The predicted octanol–water partition coefficient (Wildman–Crippen LogP) is 2.58. The zero-order chi connectivity index (χ0) is 10.5. The lowest BCUT2D eigenvalue weighted by molar-refractivity contribution is 0.0925. The van der Waals surface area contributed by atoms with Gasteiger partial charge in [0, 0.05) is 11.0 Å². The minimum atomic E-state index is 0.709. The average molecular weight is 270 g/mol. The van der Waals surface area contributed by atoms with Gasteiger partial charge in [0.1, 0.15) is 0 Å². The zero-order valence-corrected chi connectivity index (χ0v) is 10.3. The van der Waals surface area contributed by atoms with E-state index in [-0.39, 0.29) is 0 Å². The molecule has 0 spiro atoms. The third-order valence-corrected chi connectivity index (χ3v) is 3.23. The van der Waals surface area contributed by atoms with Crippen molar-refractivity contribution in [2.24, 2.45) is 5.92 Å². The van der Waals surface area contributed by atoms with E-state index in [2.05, 4.69) is 45.5 Å². The summed E-state index contributed by atoms with van der Waals surface area (Å²) >= 11 is 3.42. The summed E-state index contributed by atoms with van der Waals surface area (Å²) in [6, 6.07) is 8.29. The van der Waals surface area contributed by atoms with E-state index in [9.17, 15) is 0 Å². The lowest BCUT2D eigenvalue weighted by Crippen LogP contribution is -2.13. The van der Waals surface area contributed by atoms with Gasteiger partial charge in [-0.3, -0.25) is 0 Å². The van der Waals surface area contributed by atoms with E-state index in [1.165, 1.54) is 12.0 Å². The number of halogens is 1. The van der Waals surface area contributed by atoms with Crippen LogP contribution in [-0.2, 0) is 11.3 Å². The van der Waals surface area contributed by atoms with Crippen LogP contribution in [0.1, 0.15) is 12.0 Å². The lowest BCUT2D eigenvalue weighted by Gasteiger charge is -2.09. The molecule has 15 heavy (non-hydrogen) atoms. The number of rotatable bonds is 4. The first-order valence-electron chi connectivity index (χ1n) is 5.37. The van der Waals surface area contributed by atoms with Crippen LogP contribution in [0.3, 0.4) is 0 Å². The van der Waals surface area contributed by atoms with Crippen LogP contribution in [0.4, 0.5) is 0 Å². The van der Waals surface area contributed by atoms with Gasteiger partial charge in [0.05, 0.1) is 13.2 Å². The minimum absolute atomic E-state index is 0.709. The Bertz CT molecular complexity index is 293. The van der Waals surface area contributed by atoms with E-state index in [0.29, 0.717) is 5.92 Å². The van der Waals surface area contributed by atoms with Crippen LogP contribution in [0, 0.1) is 5.92 Å². The van der Waals surface area contributed by atoms with E-state index >= 15 is 0 Å². The second kappa shape index (κ2) is 5.64. The van der Waals surface area contributed by atoms with Gasteiger partial charge >= 0.3 is 0 Å². The molecule has 0 aromatic heterocycles. The highest BCUT2D eigenvalue weighted by Crippen LogP contribution is 2.12. The molecule has 2 nitrogen and oxygen atoms in total. The summed E-state index contributed by atoms with van der Waals surface area (Å²) in [6.45, 7) is 3.86. The summed E-state index contributed by atoms with van der Waals surface area (Å²) in [4.78, 5) is 0. The van der Waals surface area contributed by atoms with E-state index in [1.54, 1.807) is 0 Å². The molecule has 1 N–H and O–H groups in total. The summed E-state index contributed by atoms with van der Waals surface area (Å²) in [7, 11) is 0. The fourth-order valence-electron chi connectivity index (χ4n) is 1.78. The number of hydrogen-bond donors (Lipinski definition) is 1. The molecular formula is C12H16BrNO. The Kier molecular flexibility index (Phi) is 4.18. The van der Waals surface area contributed by atoms with Gasteiger partial charge in [-0.2, -0.15) is 0 Å². The quantitative estimate of drug-likeness (QED) is 0.908. The Morgan fingerprint density at radius 3 is 2.80 bits per heavy atom. The molecule has 1 aromatic rings. The van der Waals surface area contributed by atoms with Crippen molar-refractivity contribution < 1.29 is 4.74 Å². The minimum Gasteiger partial charge on any atom is -0.376 e. The van der Waals surface area contributed by atoms with Crippen molar-refractivity contribution in [3.63, 3.8) is 0 Å². The molecule has 3 heteroatoms. The maximum atomic E-state index is 5.69. The first-order chi connectivity index (χ1) is 7.34. The maximum Gasteiger partial charge on any atom is 0.0717 e. The summed E-state index contributed by atoms with van der Waals surface area (Å²) in [6.07, 6.45) is 1.25. The topological polar surface area (TPSA) is 21.3 Å². The van der Waals surface area contributed by atoms with Crippen molar-refractivity contribution in [1.29, 1.82) is 0 Å². The standard InChI is InChI=1S/C12H16BrNO/c13-12-3-1-10(2-4-12)8-15-9-11-5-6-14-7-11/h1-4,11,14H,5-9H2/t11-/m0/s1. The Balaban J connectivity index is 1.71. The molecule has 1 fully saturated rings. The van der Waals surface area contributed by atoms with Crippen LogP contribution in [-0.4, -0.2) is 19.7 Å². The summed E-state index contributed by atoms with van der Waals surface area (Å²) in [5, 5.41) is 3.34. The van der Waals surface area contributed by atoms with Gasteiger partial charge in [-0.15, -0.1) is 0 Å². The monoisotopic (exact) mass is 269 g/mol. The van der Waals surface area contributed by atoms with Crippen molar-refractivity contribution in [3.05, 3.63) is 34.3 Å². The summed E-state index contributed by atoms with van der Waals surface area (Å²) in [5.41, 5.74) is 1.24. The van der Waals surface area contributed by atoms with Gasteiger partial charge in [-0.05, 0) is 36.6 Å². The SMILES string of the molecule is Brc1ccc(COC[C@H]2CCNC2)cc1. The molecule has 1 aromatic carbocycles. The molecule has 1 aliphatic rings. The van der Waals surface area contributed by atoms with Crippen molar-refractivity contribution in [2.75, 3.05) is 19.7 Å². The second-order valence-electron chi connectivity index (χ2n) is 4.00. The fraction of sp³-hybridized carbons (Fsp3) is 0.500. The Morgan fingerprint density at radius 2 is 2.13 bits per heavy atom. The molecule has 0 amide bonds. The summed E-state index contributed by atoms with van der Waals surface area (Å²) < 4.78 is 6.81. The third-order valence-electron chi connectivity index (χ3n) is 2.70. The van der Waals surface area contributed by atoms with Crippen LogP contribution < -0.4 is 5.32 Å². The Labute approximate surface area is 99.1 Å². The van der Waals surface area contributed by atoms with Gasteiger partial charge in [0.2, 0.25) is 0 Å². The third kappa shape index (κ3) is 3.59. The van der Waals surface area contributed by atoms with Crippen LogP contribution in [0.2, 0.25) is 0 Å². The molecule has 1 aliphatic heterocycles. The molecule has 1 saturated heterocycles. The van der Waals surface area contributed by atoms with Gasteiger partial charge < -0.3 is 10.1 Å². The van der Waals surface area contributed by atoms with Crippen LogP contribution in [0.15, 0.2) is 28.7 Å². The highest BCUT2D eigenvalue weighted by atomic mass is 79.9. The number of benzene rings is 1. The molecule has 0 aliphatic carbocycles. The maximum absolute atomic E-state index is 5.69. The van der Waals surface area contributed by atoms with E-state index in [1.807, 2.05) is 0 Å². The van der Waals surface area contributed by atoms with Crippen molar-refractivity contribution in [2.45, 2.75) is 13.0 Å². The highest BCUT2D eigenvalue weighted by Gasteiger charge is 2.13. The van der Waals surface area contributed by atoms with Gasteiger partial charge in [-0.1, -0.05) is 28.1 Å². The Morgan fingerprint density at radius 1 is 1.33 bits per heavy atom. The molecule has 0 radical (unpaired) electrons. The number of ether oxygens (including phenoxy) is 1. The number of nitrogens with one attached hydrogen (secondary N) is 1. The summed E-state index contributed by atoms with van der Waals surface area (Å²) in [5.74, 6) is 0.709. The van der Waals surface area contributed by atoms with Gasteiger partial charge in [-0.25, -0.2) is 0 Å². The molecule has 1 heterocycles. The van der Waals surface area contributed by atoms with Crippen molar-refractivity contribution in [3.8, 4) is 0 Å². The molecular weight excluding hydrogens is 254 g/mol. The molecule has 2 rings (SSSR count). The van der Waals surface area contributed by atoms with Crippen LogP contribution >= 0.6 is 15.9 Å². The first-order valence-corrected chi connectivity index (χ1v) is 6.17. The zero-order valence-electron chi connectivity index (χ0n) is 8.71. The normalized spacial score (nSPS) is 20.7. The van der Waals surface area contributed by atoms with E-state index < -0.39 is 0 Å². The van der Waals surface area contributed by atoms with Crippen molar-refractivity contribution >= 4 is 15.9 Å². The smallest absolute Gasteiger partial charge is 0.0717 e. The molecule has 0 unspecified atom stereocenters. The first kappa shape index (κ1) is 11.1. The van der Waals surface area contributed by atoms with Gasteiger partial charge in [0.25, 0.3) is 0 Å². The molecule has 0 saturated carbocycles. The lowest BCUT2D eigenvalue weighted by atomic mass is 10.1. The number of hydrogen-bond acceptors (Lipinski definition) is 2. The van der Waals surface area contributed by atoms with Crippen molar-refractivity contribution in [1.82, 2.24) is 5.32 Å². The highest BCUT2D eigenvalue weighted by molar-refractivity contribution is 9.10. The average Bonchev–Trinajstić information content (AvgIpc) is 2.74. The predicted molar refractivity (Wildman–Crippen MR) is 64.8 cm³/mol. The van der Waals surface area contributed by atoms with E-state index in [4.69, 9.17) is 4.74 Å². The largest absolute Gasteiger partial charge is 0.376 e. The van der Waals surface area contributed by atoms with Crippen LogP contribution in [0.25, 0.3) is 0 Å². The molecule has 82 valence electrons. The molecule has 1 atom stereocenters.